The highest BCUT2D eigenvalue weighted by Gasteiger charge is 2.23. The van der Waals surface area contributed by atoms with Gasteiger partial charge in [0.1, 0.15) is 12.4 Å². The monoisotopic (exact) mass is 272 g/mol. The van der Waals surface area contributed by atoms with E-state index >= 15 is 0 Å². The predicted molar refractivity (Wildman–Crippen MR) is 71.8 cm³/mol. The minimum atomic E-state index is -0.123. The molecule has 1 aromatic carbocycles. The lowest BCUT2D eigenvalue weighted by Gasteiger charge is -2.18. The Balaban J connectivity index is 1.89. The van der Waals surface area contributed by atoms with Gasteiger partial charge < -0.3 is 4.74 Å². The van der Waals surface area contributed by atoms with Gasteiger partial charge in [-0.1, -0.05) is 6.07 Å². The summed E-state index contributed by atoms with van der Waals surface area (Å²) in [7, 11) is 0. The van der Waals surface area contributed by atoms with Crippen molar-refractivity contribution in [2.45, 2.75) is 25.7 Å². The first kappa shape index (κ1) is 14.1. The van der Waals surface area contributed by atoms with E-state index in [1.807, 2.05) is 6.07 Å². The van der Waals surface area contributed by atoms with E-state index in [0.717, 1.165) is 12.8 Å². The van der Waals surface area contributed by atoms with Crippen molar-refractivity contribution in [3.8, 4) is 11.8 Å². The quantitative estimate of drug-likeness (QED) is 0.784. The van der Waals surface area contributed by atoms with Crippen molar-refractivity contribution in [3.05, 3.63) is 29.8 Å². The zero-order valence-electron chi connectivity index (χ0n) is 11.2. The summed E-state index contributed by atoms with van der Waals surface area (Å²) in [5, 5.41) is 8.79. The van der Waals surface area contributed by atoms with Gasteiger partial charge in [-0.2, -0.15) is 5.26 Å². The van der Waals surface area contributed by atoms with E-state index in [2.05, 4.69) is 0 Å². The lowest BCUT2D eigenvalue weighted by atomic mass is 10.2. The average Bonchev–Trinajstić information content (AvgIpc) is 2.62. The van der Waals surface area contributed by atoms with Gasteiger partial charge in [0.25, 0.3) is 0 Å². The highest BCUT2D eigenvalue weighted by atomic mass is 16.5. The molecule has 1 saturated heterocycles. The second-order valence-electron chi connectivity index (χ2n) is 4.63. The molecule has 0 unspecified atom stereocenters. The van der Waals surface area contributed by atoms with E-state index in [1.54, 1.807) is 24.3 Å². The second kappa shape index (κ2) is 6.71. The molecular formula is C15H16N2O3. The van der Waals surface area contributed by atoms with Crippen LogP contribution in [0.5, 0.6) is 5.75 Å². The molecule has 5 nitrogen and oxygen atoms in total. The van der Waals surface area contributed by atoms with Crippen LogP contribution < -0.4 is 4.74 Å². The molecule has 0 aliphatic carbocycles. The lowest BCUT2D eigenvalue weighted by Crippen LogP contribution is -2.38. The largest absolute Gasteiger partial charge is 0.492 e. The van der Waals surface area contributed by atoms with Gasteiger partial charge in [0.2, 0.25) is 11.8 Å². The molecule has 104 valence electrons. The summed E-state index contributed by atoms with van der Waals surface area (Å²) in [6.45, 7) is 0.501. The van der Waals surface area contributed by atoms with Gasteiger partial charge in [0.05, 0.1) is 18.2 Å². The molecule has 20 heavy (non-hydrogen) atoms. The summed E-state index contributed by atoms with van der Waals surface area (Å²) in [5.41, 5.74) is 0.518. The average molecular weight is 272 g/mol. The van der Waals surface area contributed by atoms with E-state index in [0.29, 0.717) is 24.2 Å². The van der Waals surface area contributed by atoms with Crippen LogP contribution in [0.3, 0.4) is 0 Å². The van der Waals surface area contributed by atoms with Gasteiger partial charge in [0, 0.05) is 12.8 Å². The van der Waals surface area contributed by atoms with Gasteiger partial charge in [-0.25, -0.2) is 0 Å². The molecule has 0 bridgehead atoms. The summed E-state index contributed by atoms with van der Waals surface area (Å²) in [6, 6.07) is 8.83. The molecule has 1 aliphatic heterocycles. The van der Waals surface area contributed by atoms with Crippen LogP contribution in [-0.4, -0.2) is 29.9 Å². The Morgan fingerprint density at radius 2 is 1.90 bits per heavy atom. The van der Waals surface area contributed by atoms with Gasteiger partial charge >= 0.3 is 0 Å². The molecule has 0 radical (unpaired) electrons. The van der Waals surface area contributed by atoms with Crippen molar-refractivity contribution in [1.29, 1.82) is 5.26 Å². The number of imide groups is 1. The molecule has 5 heteroatoms. The maximum absolute atomic E-state index is 11.8. The molecule has 2 amide bonds. The van der Waals surface area contributed by atoms with Crippen molar-refractivity contribution >= 4 is 11.8 Å². The van der Waals surface area contributed by atoms with E-state index in [-0.39, 0.29) is 25.0 Å². The van der Waals surface area contributed by atoms with Crippen LogP contribution in [0, 0.1) is 11.3 Å². The van der Waals surface area contributed by atoms with E-state index in [9.17, 15) is 9.59 Å². The highest BCUT2D eigenvalue weighted by Crippen LogP contribution is 2.14. The number of nitriles is 1. The number of ether oxygens (including phenoxy) is 1. The standard InChI is InChI=1S/C15H16N2O3/c16-11-12-4-3-5-13(10-12)20-9-8-17-14(18)6-1-2-7-15(17)19/h3-5,10H,1-2,6-9H2. The van der Waals surface area contributed by atoms with Crippen molar-refractivity contribution < 1.29 is 14.3 Å². The normalized spacial score (nSPS) is 15.7. The fourth-order valence-electron chi connectivity index (χ4n) is 2.12. The Kier molecular flexibility index (Phi) is 4.72. The van der Waals surface area contributed by atoms with Gasteiger partial charge in [0.15, 0.2) is 0 Å². The van der Waals surface area contributed by atoms with Gasteiger partial charge in [-0.05, 0) is 31.0 Å². The Labute approximate surface area is 117 Å². The summed E-state index contributed by atoms with van der Waals surface area (Å²) in [4.78, 5) is 24.8. The SMILES string of the molecule is N#Cc1cccc(OCCN2C(=O)CCCCC2=O)c1. The van der Waals surface area contributed by atoms with E-state index in [1.165, 1.54) is 4.90 Å². The first-order valence-corrected chi connectivity index (χ1v) is 6.67. The first-order chi connectivity index (χ1) is 9.70. The van der Waals surface area contributed by atoms with Crippen LogP contribution in [0.25, 0.3) is 0 Å². The fourth-order valence-corrected chi connectivity index (χ4v) is 2.12. The number of amides is 2. The maximum Gasteiger partial charge on any atom is 0.229 e. The topological polar surface area (TPSA) is 70.4 Å². The number of nitrogens with zero attached hydrogens (tertiary/aromatic N) is 2. The molecule has 1 aliphatic rings. The molecule has 1 heterocycles. The predicted octanol–water partition coefficient (Wildman–Crippen LogP) is 1.87. The van der Waals surface area contributed by atoms with Crippen molar-refractivity contribution in [2.75, 3.05) is 13.2 Å². The summed E-state index contributed by atoms with van der Waals surface area (Å²) < 4.78 is 5.49. The molecule has 0 saturated carbocycles. The second-order valence-corrected chi connectivity index (χ2v) is 4.63. The number of hydrogen-bond donors (Lipinski definition) is 0. The minimum Gasteiger partial charge on any atom is -0.492 e. The summed E-state index contributed by atoms with van der Waals surface area (Å²) >= 11 is 0. The van der Waals surface area contributed by atoms with Gasteiger partial charge in [-0.3, -0.25) is 14.5 Å². The molecule has 1 fully saturated rings. The number of carbonyl (C=O) groups excluding carboxylic acids is 2. The smallest absolute Gasteiger partial charge is 0.229 e. The number of benzene rings is 1. The van der Waals surface area contributed by atoms with Crippen molar-refractivity contribution in [2.24, 2.45) is 0 Å². The minimum absolute atomic E-state index is 0.123. The number of carbonyl (C=O) groups is 2. The van der Waals surface area contributed by atoms with Gasteiger partial charge in [-0.15, -0.1) is 0 Å². The van der Waals surface area contributed by atoms with E-state index in [4.69, 9.17) is 10.00 Å². The number of rotatable bonds is 4. The summed E-state index contributed by atoms with van der Waals surface area (Å²) in [5.74, 6) is 0.322. The van der Waals surface area contributed by atoms with Crippen LogP contribution >= 0.6 is 0 Å². The van der Waals surface area contributed by atoms with Crippen LogP contribution in [0.1, 0.15) is 31.2 Å². The molecule has 2 rings (SSSR count). The fraction of sp³-hybridized carbons (Fsp3) is 0.400. The third kappa shape index (κ3) is 3.58. The number of likely N-dealkylation sites (tertiary alicyclic amines) is 1. The van der Waals surface area contributed by atoms with E-state index < -0.39 is 0 Å². The highest BCUT2D eigenvalue weighted by molar-refractivity contribution is 5.95. The third-order valence-electron chi connectivity index (χ3n) is 3.18. The van der Waals surface area contributed by atoms with Crippen LogP contribution in [-0.2, 0) is 9.59 Å². The Morgan fingerprint density at radius 3 is 2.55 bits per heavy atom. The number of hydrogen-bond acceptors (Lipinski definition) is 4. The molecule has 0 N–H and O–H groups in total. The first-order valence-electron chi connectivity index (χ1n) is 6.67. The van der Waals surface area contributed by atoms with Crippen LogP contribution in [0.15, 0.2) is 24.3 Å². The van der Waals surface area contributed by atoms with Crippen molar-refractivity contribution in [1.82, 2.24) is 4.90 Å². The molecule has 0 atom stereocenters. The Morgan fingerprint density at radius 1 is 1.20 bits per heavy atom. The maximum atomic E-state index is 11.8. The molecular weight excluding hydrogens is 256 g/mol. The molecule has 0 aromatic heterocycles. The lowest BCUT2D eigenvalue weighted by molar-refractivity contribution is -0.144. The Bertz CT molecular complexity index is 530. The molecule has 1 aromatic rings. The van der Waals surface area contributed by atoms with Crippen LogP contribution in [0.2, 0.25) is 0 Å². The zero-order valence-corrected chi connectivity index (χ0v) is 11.2. The molecule has 0 spiro atoms. The van der Waals surface area contributed by atoms with Crippen LogP contribution in [0.4, 0.5) is 0 Å². The zero-order chi connectivity index (χ0) is 14.4. The third-order valence-corrected chi connectivity index (χ3v) is 3.18. The Hall–Kier alpha value is -2.35. The van der Waals surface area contributed by atoms with Crippen molar-refractivity contribution in [3.63, 3.8) is 0 Å². The summed E-state index contributed by atoms with van der Waals surface area (Å²) in [6.07, 6.45) is 2.39.